The fraction of sp³-hybridized carbons (Fsp3) is 0.429. The third-order valence-electron chi connectivity index (χ3n) is 5.48. The second-order valence-electron chi connectivity index (χ2n) is 7.15. The lowest BCUT2D eigenvalue weighted by atomic mass is 9.84. The number of halogens is 3. The zero-order chi connectivity index (χ0) is 17.1. The summed E-state index contributed by atoms with van der Waals surface area (Å²) >= 11 is 6.19. The number of fused-ring (bicyclic) bond motifs is 3. The summed E-state index contributed by atoms with van der Waals surface area (Å²) < 4.78 is 5.93. The van der Waals surface area contributed by atoms with Gasteiger partial charge in [-0.2, -0.15) is 0 Å². The molecule has 6 heteroatoms. The molecule has 3 saturated heterocycles. The van der Waals surface area contributed by atoms with Gasteiger partial charge in [0.2, 0.25) is 0 Å². The molecule has 2 aromatic carbocycles. The highest BCUT2D eigenvalue weighted by Crippen LogP contribution is 2.28. The van der Waals surface area contributed by atoms with Crippen LogP contribution in [0.2, 0.25) is 5.02 Å². The van der Waals surface area contributed by atoms with E-state index in [1.165, 1.54) is 38.0 Å². The lowest BCUT2D eigenvalue weighted by Crippen LogP contribution is -2.55. The standard InChI is InChI=1S/C21H25ClN2O.2ClH/c22-20-7-2-1-5-18(20)15-25-19-6-3-4-16(12-19)13-23-21-14-24-10-8-17(21)9-11-24;;/h1-7,12,17,21,23H,8-11,13-15H2;2*1H. The van der Waals surface area contributed by atoms with E-state index in [9.17, 15) is 0 Å². The van der Waals surface area contributed by atoms with Crippen molar-refractivity contribution in [2.24, 2.45) is 5.92 Å². The van der Waals surface area contributed by atoms with Crippen LogP contribution in [0.15, 0.2) is 48.5 Å². The van der Waals surface area contributed by atoms with E-state index in [0.717, 1.165) is 28.8 Å². The van der Waals surface area contributed by atoms with Gasteiger partial charge in [0.25, 0.3) is 0 Å². The number of nitrogens with zero attached hydrogens (tertiary/aromatic N) is 1. The van der Waals surface area contributed by atoms with Crippen LogP contribution in [0.3, 0.4) is 0 Å². The predicted octanol–water partition coefficient (Wildman–Crippen LogP) is 4.95. The van der Waals surface area contributed by atoms with E-state index in [4.69, 9.17) is 16.3 Å². The summed E-state index contributed by atoms with van der Waals surface area (Å²) in [7, 11) is 0. The van der Waals surface area contributed by atoms with E-state index in [-0.39, 0.29) is 24.8 Å². The molecule has 5 rings (SSSR count). The van der Waals surface area contributed by atoms with Crippen LogP contribution >= 0.6 is 36.4 Å². The van der Waals surface area contributed by atoms with Crippen molar-refractivity contribution in [3.63, 3.8) is 0 Å². The molecule has 2 bridgehead atoms. The highest BCUT2D eigenvalue weighted by atomic mass is 35.5. The molecular weight excluding hydrogens is 403 g/mol. The molecular formula is C21H27Cl3N2O. The van der Waals surface area contributed by atoms with Crippen molar-refractivity contribution in [2.45, 2.75) is 32.0 Å². The zero-order valence-corrected chi connectivity index (χ0v) is 17.7. The molecule has 3 aliphatic heterocycles. The number of hydrogen-bond acceptors (Lipinski definition) is 3. The van der Waals surface area contributed by atoms with Gasteiger partial charge >= 0.3 is 0 Å². The van der Waals surface area contributed by atoms with Gasteiger partial charge in [-0.25, -0.2) is 0 Å². The Balaban J connectivity index is 0.00000131. The monoisotopic (exact) mass is 428 g/mol. The molecule has 3 aliphatic rings. The van der Waals surface area contributed by atoms with Crippen molar-refractivity contribution in [3.8, 4) is 5.75 Å². The van der Waals surface area contributed by atoms with Crippen LogP contribution in [0.5, 0.6) is 5.75 Å². The summed E-state index contributed by atoms with van der Waals surface area (Å²) in [6, 6.07) is 16.8. The SMILES string of the molecule is Cl.Cl.Clc1ccccc1COc1cccc(CNC2CN3CCC2CC3)c1. The van der Waals surface area contributed by atoms with Crippen molar-refractivity contribution < 1.29 is 4.74 Å². The smallest absolute Gasteiger partial charge is 0.120 e. The molecule has 0 spiro atoms. The Labute approximate surface area is 179 Å². The van der Waals surface area contributed by atoms with Crippen molar-refractivity contribution in [1.82, 2.24) is 10.2 Å². The van der Waals surface area contributed by atoms with Crippen molar-refractivity contribution >= 4 is 36.4 Å². The molecule has 0 aromatic heterocycles. The highest BCUT2D eigenvalue weighted by Gasteiger charge is 2.33. The molecule has 0 saturated carbocycles. The van der Waals surface area contributed by atoms with Gasteiger partial charge in [0.1, 0.15) is 12.4 Å². The molecule has 3 nitrogen and oxygen atoms in total. The van der Waals surface area contributed by atoms with Crippen LogP contribution in [0, 0.1) is 5.92 Å². The summed E-state index contributed by atoms with van der Waals surface area (Å²) in [5.74, 6) is 1.75. The van der Waals surface area contributed by atoms with E-state index in [2.05, 4.69) is 28.4 Å². The first-order chi connectivity index (χ1) is 12.3. The largest absolute Gasteiger partial charge is 0.489 e. The zero-order valence-electron chi connectivity index (χ0n) is 15.3. The second kappa shape index (κ2) is 10.5. The number of ether oxygens (including phenoxy) is 1. The normalized spacial score (nSPS) is 23.2. The third-order valence-corrected chi connectivity index (χ3v) is 5.84. The first-order valence-corrected chi connectivity index (χ1v) is 9.56. The summed E-state index contributed by atoms with van der Waals surface area (Å²) in [6.07, 6.45) is 2.69. The number of rotatable bonds is 6. The molecule has 27 heavy (non-hydrogen) atoms. The molecule has 1 atom stereocenters. The molecule has 2 aromatic rings. The average Bonchev–Trinajstić information content (AvgIpc) is 2.67. The Kier molecular flexibility index (Phi) is 8.71. The van der Waals surface area contributed by atoms with Gasteiger partial charge in [-0.1, -0.05) is 41.9 Å². The molecule has 0 aliphatic carbocycles. The van der Waals surface area contributed by atoms with Crippen LogP contribution in [-0.2, 0) is 13.2 Å². The molecule has 3 fully saturated rings. The topological polar surface area (TPSA) is 24.5 Å². The maximum Gasteiger partial charge on any atom is 0.120 e. The molecule has 1 unspecified atom stereocenters. The van der Waals surface area contributed by atoms with Gasteiger partial charge in [-0.3, -0.25) is 0 Å². The van der Waals surface area contributed by atoms with E-state index in [1.807, 2.05) is 30.3 Å². The van der Waals surface area contributed by atoms with Crippen LogP contribution < -0.4 is 10.1 Å². The summed E-state index contributed by atoms with van der Waals surface area (Å²) in [5, 5.41) is 4.51. The Morgan fingerprint density at radius 1 is 1.04 bits per heavy atom. The fourth-order valence-electron chi connectivity index (χ4n) is 3.97. The molecule has 1 N–H and O–H groups in total. The quantitative estimate of drug-likeness (QED) is 0.703. The number of piperidine rings is 3. The first kappa shape index (κ1) is 22.3. The third kappa shape index (κ3) is 5.75. The predicted molar refractivity (Wildman–Crippen MR) is 117 cm³/mol. The van der Waals surface area contributed by atoms with Crippen LogP contribution in [-0.4, -0.2) is 30.6 Å². The lowest BCUT2D eigenvalue weighted by molar-refractivity contribution is 0.0720. The number of hydrogen-bond donors (Lipinski definition) is 1. The molecule has 148 valence electrons. The van der Waals surface area contributed by atoms with Crippen LogP contribution in [0.4, 0.5) is 0 Å². The maximum absolute atomic E-state index is 6.19. The highest BCUT2D eigenvalue weighted by molar-refractivity contribution is 6.31. The Hall–Kier alpha value is -0.970. The number of benzene rings is 2. The average molecular weight is 430 g/mol. The van der Waals surface area contributed by atoms with Crippen LogP contribution in [0.1, 0.15) is 24.0 Å². The summed E-state index contributed by atoms with van der Waals surface area (Å²) in [4.78, 5) is 2.58. The van der Waals surface area contributed by atoms with Crippen molar-refractivity contribution in [3.05, 3.63) is 64.7 Å². The Morgan fingerprint density at radius 3 is 2.52 bits per heavy atom. The minimum atomic E-state index is 0. The minimum absolute atomic E-state index is 0. The van der Waals surface area contributed by atoms with Gasteiger partial charge in [0.15, 0.2) is 0 Å². The van der Waals surface area contributed by atoms with Gasteiger partial charge in [0, 0.05) is 29.7 Å². The Bertz CT molecular complexity index is 720. The van der Waals surface area contributed by atoms with Crippen LogP contribution in [0.25, 0.3) is 0 Å². The van der Waals surface area contributed by atoms with E-state index in [0.29, 0.717) is 12.6 Å². The maximum atomic E-state index is 6.19. The summed E-state index contributed by atoms with van der Waals surface area (Å²) in [6.45, 7) is 5.17. The van der Waals surface area contributed by atoms with E-state index < -0.39 is 0 Å². The van der Waals surface area contributed by atoms with Gasteiger partial charge in [-0.15, -0.1) is 24.8 Å². The number of nitrogens with one attached hydrogen (secondary N) is 1. The van der Waals surface area contributed by atoms with Gasteiger partial charge < -0.3 is 15.0 Å². The van der Waals surface area contributed by atoms with Gasteiger partial charge in [0.05, 0.1) is 0 Å². The minimum Gasteiger partial charge on any atom is -0.489 e. The van der Waals surface area contributed by atoms with E-state index >= 15 is 0 Å². The summed E-state index contributed by atoms with van der Waals surface area (Å²) in [5.41, 5.74) is 2.29. The van der Waals surface area contributed by atoms with Gasteiger partial charge in [-0.05, 0) is 55.6 Å². The Morgan fingerprint density at radius 2 is 1.81 bits per heavy atom. The molecule has 0 radical (unpaired) electrons. The van der Waals surface area contributed by atoms with Crippen molar-refractivity contribution in [2.75, 3.05) is 19.6 Å². The molecule has 0 amide bonds. The fourth-order valence-corrected chi connectivity index (χ4v) is 4.16. The lowest BCUT2D eigenvalue weighted by Gasteiger charge is -2.45. The second-order valence-corrected chi connectivity index (χ2v) is 7.56. The van der Waals surface area contributed by atoms with E-state index in [1.54, 1.807) is 0 Å². The first-order valence-electron chi connectivity index (χ1n) is 9.19. The van der Waals surface area contributed by atoms with Crippen molar-refractivity contribution in [1.29, 1.82) is 0 Å². The molecule has 3 heterocycles.